The number of carboxylic acid groups (broad SMARTS) is 2. The molecule has 12 atom stereocenters. The zero-order valence-electron chi connectivity index (χ0n) is 51.8. The highest BCUT2D eigenvalue weighted by molar-refractivity contribution is 7.98. The Bertz CT molecular complexity index is 2660. The molecular weight excluding hydrogens is 1180 g/mol. The van der Waals surface area contributed by atoms with Crippen LogP contribution in [0.3, 0.4) is 0 Å². The molecule has 0 bridgehead atoms. The number of phenols is 1. The van der Waals surface area contributed by atoms with Crippen LogP contribution >= 0.6 is 11.8 Å². The fourth-order valence-corrected chi connectivity index (χ4v) is 9.48. The molecule has 28 nitrogen and oxygen atoms in total. The Kier molecular flexibility index (Phi) is 35.2. The smallest absolute Gasteiger partial charge is 0.326 e. The molecule has 496 valence electrons. The Morgan fingerprint density at radius 2 is 0.944 bits per heavy atom. The summed E-state index contributed by atoms with van der Waals surface area (Å²) in [7, 11) is 0. The molecular formula is C60H94N12O16S. The van der Waals surface area contributed by atoms with Crippen LogP contribution in [0, 0.1) is 17.8 Å². The number of primary amides is 1. The van der Waals surface area contributed by atoms with E-state index in [1.54, 1.807) is 78.1 Å². The van der Waals surface area contributed by atoms with Crippen LogP contribution in [-0.2, 0) is 70.4 Å². The molecule has 0 unspecified atom stereocenters. The van der Waals surface area contributed by atoms with Gasteiger partial charge in [-0.3, -0.25) is 52.7 Å². The number of carbonyl (C=O) groups excluding carboxylic acids is 10. The van der Waals surface area contributed by atoms with Crippen LogP contribution < -0.4 is 65.1 Å². The van der Waals surface area contributed by atoms with Crippen molar-refractivity contribution in [2.45, 2.75) is 185 Å². The summed E-state index contributed by atoms with van der Waals surface area (Å²) in [6.45, 7) is 9.74. The fraction of sp³-hybridized carbons (Fsp3) is 0.600. The van der Waals surface area contributed by atoms with Gasteiger partial charge in [0.2, 0.25) is 59.1 Å². The number of aromatic hydroxyl groups is 1. The third kappa shape index (κ3) is 28.4. The van der Waals surface area contributed by atoms with Gasteiger partial charge in [0.15, 0.2) is 0 Å². The van der Waals surface area contributed by atoms with Gasteiger partial charge < -0.3 is 85.5 Å². The first-order valence-corrected chi connectivity index (χ1v) is 31.3. The van der Waals surface area contributed by atoms with E-state index in [4.69, 9.17) is 17.2 Å². The number of nitrogens with one attached hydrogen (secondary N) is 9. The van der Waals surface area contributed by atoms with Crippen LogP contribution in [0.5, 0.6) is 5.75 Å². The number of carboxylic acids is 2. The van der Waals surface area contributed by atoms with Crippen LogP contribution in [0.15, 0.2) is 54.6 Å². The first-order chi connectivity index (χ1) is 42.1. The SMILES string of the molecule is CC[C@H](C)[C@H](N)C(=O)N[C@@H](CO)C(=O)N[C@@H](CCC(=O)O)C(=O)N[C@@H](CCSC)C(=O)N[C@@H](Cc1ccccc1)C(=O)N[C@@H](CC(C)C)C(=O)N[C@@H](CCC(N)=O)C(=O)N[C@H](C(=O)N[C@@H](Cc1ccc(O)cc1)C(=O)N[C@@H](CCCCN)C(=O)O)[C@@H](C)CC. The van der Waals surface area contributed by atoms with Gasteiger partial charge in [0.1, 0.15) is 60.1 Å². The predicted molar refractivity (Wildman–Crippen MR) is 332 cm³/mol. The quantitative estimate of drug-likeness (QED) is 0.0358. The summed E-state index contributed by atoms with van der Waals surface area (Å²) in [6.07, 6.45) is 1.05. The summed E-state index contributed by atoms with van der Waals surface area (Å²) in [5.74, 6) is -12.8. The van der Waals surface area contributed by atoms with E-state index in [2.05, 4.69) is 47.9 Å². The molecule has 10 amide bonds. The lowest BCUT2D eigenvalue weighted by Crippen LogP contribution is -2.61. The third-order valence-electron chi connectivity index (χ3n) is 14.8. The summed E-state index contributed by atoms with van der Waals surface area (Å²) >= 11 is 1.30. The molecule has 2 rings (SSSR count). The van der Waals surface area contributed by atoms with Crippen molar-refractivity contribution in [2.24, 2.45) is 35.0 Å². The average Bonchev–Trinajstić information content (AvgIpc) is 3.59. The second-order valence-electron chi connectivity index (χ2n) is 22.5. The molecule has 0 radical (unpaired) electrons. The summed E-state index contributed by atoms with van der Waals surface area (Å²) in [6, 6.07) is -0.144. The number of rotatable bonds is 43. The number of thioether (sulfide) groups is 1. The summed E-state index contributed by atoms with van der Waals surface area (Å²) in [5, 5.41) is 62.5. The van der Waals surface area contributed by atoms with Crippen LogP contribution in [0.1, 0.15) is 123 Å². The van der Waals surface area contributed by atoms with Crippen LogP contribution in [0.2, 0.25) is 0 Å². The zero-order chi connectivity index (χ0) is 66.9. The molecule has 0 spiro atoms. The number of amides is 10. The fourth-order valence-electron chi connectivity index (χ4n) is 9.01. The van der Waals surface area contributed by atoms with Gasteiger partial charge >= 0.3 is 11.9 Å². The number of benzene rings is 2. The first kappa shape index (κ1) is 77.2. The molecule has 29 heteroatoms. The number of phenolic OH excluding ortho intramolecular Hbond substituents is 1. The van der Waals surface area contributed by atoms with Gasteiger partial charge in [-0.25, -0.2) is 4.79 Å². The minimum absolute atomic E-state index is 0.0370. The Balaban J connectivity index is 2.54. The molecule has 0 saturated carbocycles. The number of unbranched alkanes of at least 4 members (excludes halogenated alkanes) is 1. The molecule has 19 N–H and O–H groups in total. The van der Waals surface area contributed by atoms with E-state index in [-0.39, 0.29) is 68.3 Å². The van der Waals surface area contributed by atoms with Gasteiger partial charge in [0.25, 0.3) is 0 Å². The minimum atomic E-state index is -1.62. The van der Waals surface area contributed by atoms with Gasteiger partial charge in [-0.15, -0.1) is 0 Å². The summed E-state index contributed by atoms with van der Waals surface area (Å²) in [4.78, 5) is 163. The van der Waals surface area contributed by atoms with Gasteiger partial charge in [-0.2, -0.15) is 11.8 Å². The van der Waals surface area contributed by atoms with E-state index in [1.165, 1.54) is 36.0 Å². The van der Waals surface area contributed by atoms with Crippen molar-refractivity contribution >= 4 is 82.8 Å². The van der Waals surface area contributed by atoms with Crippen LogP contribution in [0.25, 0.3) is 0 Å². The zero-order valence-corrected chi connectivity index (χ0v) is 52.7. The Morgan fingerprint density at radius 1 is 0.506 bits per heavy atom. The lowest BCUT2D eigenvalue weighted by molar-refractivity contribution is -0.142. The molecule has 2 aromatic rings. The maximum atomic E-state index is 14.6. The van der Waals surface area contributed by atoms with Gasteiger partial charge in [0, 0.05) is 25.7 Å². The van der Waals surface area contributed by atoms with Crippen molar-refractivity contribution < 1.29 is 78.0 Å². The molecule has 0 aliphatic carbocycles. The normalized spacial score (nSPS) is 15.2. The van der Waals surface area contributed by atoms with E-state index in [0.29, 0.717) is 36.9 Å². The van der Waals surface area contributed by atoms with Gasteiger partial charge in [0.05, 0.1) is 12.6 Å². The molecule has 0 saturated heterocycles. The molecule has 0 aromatic heterocycles. The molecule has 0 aliphatic heterocycles. The summed E-state index contributed by atoms with van der Waals surface area (Å²) in [5.41, 5.74) is 18.2. The molecule has 0 heterocycles. The summed E-state index contributed by atoms with van der Waals surface area (Å²) < 4.78 is 0. The minimum Gasteiger partial charge on any atom is -0.508 e. The van der Waals surface area contributed by atoms with Gasteiger partial charge in [-0.05, 0) is 105 Å². The number of hydrogen-bond donors (Lipinski definition) is 16. The van der Waals surface area contributed by atoms with E-state index in [1.807, 2.05) is 0 Å². The number of carbonyl (C=O) groups is 12. The van der Waals surface area contributed by atoms with Crippen molar-refractivity contribution in [3.8, 4) is 5.75 Å². The van der Waals surface area contributed by atoms with Crippen molar-refractivity contribution in [3.05, 3.63) is 65.7 Å². The maximum Gasteiger partial charge on any atom is 0.326 e. The second kappa shape index (κ2) is 40.6. The number of aliphatic carboxylic acids is 2. The van der Waals surface area contributed by atoms with E-state index in [0.717, 1.165) is 0 Å². The highest BCUT2D eigenvalue weighted by Crippen LogP contribution is 2.17. The molecule has 0 fully saturated rings. The highest BCUT2D eigenvalue weighted by atomic mass is 32.2. The highest BCUT2D eigenvalue weighted by Gasteiger charge is 2.37. The Morgan fingerprint density at radius 3 is 1.43 bits per heavy atom. The van der Waals surface area contributed by atoms with Crippen molar-refractivity contribution in [1.82, 2.24) is 47.9 Å². The molecule has 89 heavy (non-hydrogen) atoms. The molecule has 0 aliphatic rings. The maximum absolute atomic E-state index is 14.6. The first-order valence-electron chi connectivity index (χ1n) is 29.9. The van der Waals surface area contributed by atoms with Crippen molar-refractivity contribution in [3.63, 3.8) is 0 Å². The van der Waals surface area contributed by atoms with Crippen molar-refractivity contribution in [2.75, 3.05) is 25.2 Å². The lowest BCUT2D eigenvalue weighted by atomic mass is 9.96. The number of aliphatic hydroxyl groups excluding tert-OH is 1. The average molecular weight is 1270 g/mol. The Hall–Kier alpha value is -7.89. The van der Waals surface area contributed by atoms with Gasteiger partial charge in [-0.1, -0.05) is 96.8 Å². The standard InChI is InChI=1S/C60H94N12O16S/c1-8-34(5)49(63)58(85)71-46(32-73)57(84)65-40(23-25-48(76)77)51(78)66-41(26-28-89-7)52(79)69-44(30-36-15-11-10-12-16-36)56(83)68-43(29-33(3)4)54(81)64-39(22-24-47(62)75)53(80)72-50(35(6)9-2)59(86)70-45(31-37-18-20-38(74)21-19-37)55(82)67-42(60(87)88)17-13-14-27-61/h10-12,15-16,18-21,33-35,39-46,49-50,73-74H,8-9,13-14,17,22-32,61,63H2,1-7H3,(H2,62,75)(H,64,81)(H,65,84)(H,66,78)(H,67,82)(H,68,83)(H,69,79)(H,70,86)(H,71,85)(H,72,80)(H,76,77)(H,87,88)/t34-,35-,39-,40-,41-,42-,43-,44-,45-,46-,49-,50-/m0/s1. The van der Waals surface area contributed by atoms with Crippen molar-refractivity contribution in [1.29, 1.82) is 0 Å². The number of hydrogen-bond acceptors (Lipinski definition) is 17. The van der Waals surface area contributed by atoms with E-state index in [9.17, 15) is 78.0 Å². The molecule has 2 aromatic carbocycles. The monoisotopic (exact) mass is 1270 g/mol. The van der Waals surface area contributed by atoms with Crippen LogP contribution in [0.4, 0.5) is 0 Å². The Labute approximate surface area is 523 Å². The third-order valence-corrected chi connectivity index (χ3v) is 15.5. The lowest BCUT2D eigenvalue weighted by Gasteiger charge is -2.30. The predicted octanol–water partition coefficient (Wildman–Crippen LogP) is -0.905. The van der Waals surface area contributed by atoms with E-state index < -0.39 is 163 Å². The topological polar surface area (TPSA) is 472 Å². The van der Waals surface area contributed by atoms with Crippen LogP contribution in [-0.4, -0.2) is 177 Å². The second-order valence-corrected chi connectivity index (χ2v) is 23.5. The number of aliphatic hydroxyl groups is 1. The van der Waals surface area contributed by atoms with E-state index >= 15 is 0 Å². The number of nitrogens with two attached hydrogens (primary N) is 3. The largest absolute Gasteiger partial charge is 0.508 e.